The van der Waals surface area contributed by atoms with Crippen LogP contribution < -0.4 is 0 Å². The second-order valence-electron chi connectivity index (χ2n) is 2.45. The Labute approximate surface area is 61.8 Å². The molecule has 9 heavy (non-hydrogen) atoms. The van der Waals surface area contributed by atoms with Crippen molar-refractivity contribution in [2.75, 3.05) is 0 Å². The Hall–Kier alpha value is 0.340. The Kier molecular flexibility index (Phi) is 2.44. The van der Waals surface area contributed by atoms with Gasteiger partial charge in [0.1, 0.15) is 0 Å². The molecule has 0 saturated heterocycles. The summed E-state index contributed by atoms with van der Waals surface area (Å²) in [5.74, 6) is -0.384. The zero-order chi connectivity index (χ0) is 6.85. The molecule has 0 radical (unpaired) electrons. The van der Waals surface area contributed by atoms with E-state index in [0.29, 0.717) is 6.42 Å². The minimum Gasteiger partial charge on any atom is -0.210 e. The van der Waals surface area contributed by atoms with Crippen molar-refractivity contribution in [3.63, 3.8) is 0 Å². The summed E-state index contributed by atoms with van der Waals surface area (Å²) < 4.78 is 23.9. The van der Waals surface area contributed by atoms with Gasteiger partial charge < -0.3 is 0 Å². The standard InChI is InChI=1S/C6H9BrF2/c7-5-3-1-2-4(5)6(8)9/h4-6H,1-3H2/t4-,5-/m1/s1. The summed E-state index contributed by atoms with van der Waals surface area (Å²) >= 11 is 3.23. The third-order valence-corrected chi connectivity index (χ3v) is 2.94. The molecule has 0 aliphatic heterocycles. The summed E-state index contributed by atoms with van der Waals surface area (Å²) in [5.41, 5.74) is 0. The van der Waals surface area contributed by atoms with Crippen molar-refractivity contribution in [1.82, 2.24) is 0 Å². The van der Waals surface area contributed by atoms with E-state index < -0.39 is 6.43 Å². The molecule has 0 amide bonds. The van der Waals surface area contributed by atoms with Crippen LogP contribution in [0, 0.1) is 5.92 Å². The van der Waals surface area contributed by atoms with Crippen molar-refractivity contribution < 1.29 is 8.78 Å². The second kappa shape index (κ2) is 2.95. The molecule has 0 aromatic rings. The second-order valence-corrected chi connectivity index (χ2v) is 3.62. The number of alkyl halides is 3. The normalized spacial score (nSPS) is 36.0. The van der Waals surface area contributed by atoms with Crippen molar-refractivity contribution in [2.45, 2.75) is 30.5 Å². The average Bonchev–Trinajstić information content (AvgIpc) is 2.13. The first-order valence-electron chi connectivity index (χ1n) is 3.14. The first kappa shape index (κ1) is 7.45. The zero-order valence-corrected chi connectivity index (χ0v) is 6.57. The maximum Gasteiger partial charge on any atom is 0.242 e. The minimum absolute atomic E-state index is 0.0671. The summed E-state index contributed by atoms with van der Waals surface area (Å²) in [6.07, 6.45) is 0.421. The molecular formula is C6H9BrF2. The van der Waals surface area contributed by atoms with Crippen LogP contribution in [0.2, 0.25) is 0 Å². The van der Waals surface area contributed by atoms with Gasteiger partial charge in [-0.3, -0.25) is 0 Å². The number of rotatable bonds is 1. The monoisotopic (exact) mass is 198 g/mol. The van der Waals surface area contributed by atoms with Gasteiger partial charge in [0.2, 0.25) is 6.43 Å². The largest absolute Gasteiger partial charge is 0.242 e. The fraction of sp³-hybridized carbons (Fsp3) is 1.00. The van der Waals surface area contributed by atoms with Gasteiger partial charge in [0, 0.05) is 10.7 Å². The molecule has 3 heteroatoms. The fourth-order valence-corrected chi connectivity index (χ4v) is 2.05. The Morgan fingerprint density at radius 3 is 2.22 bits per heavy atom. The van der Waals surface area contributed by atoms with Gasteiger partial charge in [-0.2, -0.15) is 0 Å². The maximum atomic E-state index is 12.0. The molecule has 1 aliphatic carbocycles. The molecule has 0 nitrogen and oxygen atoms in total. The van der Waals surface area contributed by atoms with Crippen LogP contribution in [0.3, 0.4) is 0 Å². The predicted octanol–water partition coefficient (Wildman–Crippen LogP) is 2.82. The first-order valence-corrected chi connectivity index (χ1v) is 4.05. The molecule has 1 fully saturated rings. The van der Waals surface area contributed by atoms with Crippen molar-refractivity contribution >= 4 is 15.9 Å². The van der Waals surface area contributed by atoms with E-state index in [2.05, 4.69) is 15.9 Å². The van der Waals surface area contributed by atoms with Crippen molar-refractivity contribution in [3.05, 3.63) is 0 Å². The summed E-state index contributed by atoms with van der Waals surface area (Å²) in [6, 6.07) is 0. The summed E-state index contributed by atoms with van der Waals surface area (Å²) in [4.78, 5) is 0.0671. The molecule has 0 bridgehead atoms. The smallest absolute Gasteiger partial charge is 0.210 e. The molecule has 0 unspecified atom stereocenters. The van der Waals surface area contributed by atoms with Crippen LogP contribution in [0.25, 0.3) is 0 Å². The third kappa shape index (κ3) is 1.63. The number of hydrogen-bond donors (Lipinski definition) is 0. The highest BCUT2D eigenvalue weighted by atomic mass is 79.9. The first-order chi connectivity index (χ1) is 4.22. The van der Waals surface area contributed by atoms with Crippen LogP contribution in [0.1, 0.15) is 19.3 Å². The van der Waals surface area contributed by atoms with Crippen molar-refractivity contribution in [1.29, 1.82) is 0 Å². The Morgan fingerprint density at radius 2 is 2.00 bits per heavy atom. The molecule has 54 valence electrons. The predicted molar refractivity (Wildman–Crippen MR) is 36.1 cm³/mol. The molecule has 2 atom stereocenters. The lowest BCUT2D eigenvalue weighted by atomic mass is 10.1. The third-order valence-electron chi connectivity index (χ3n) is 1.81. The Bertz CT molecular complexity index is 95.1. The molecule has 1 rings (SSSR count). The summed E-state index contributed by atoms with van der Waals surface area (Å²) in [5, 5.41) is 0. The quantitative estimate of drug-likeness (QED) is 0.569. The minimum atomic E-state index is -2.13. The SMILES string of the molecule is FC(F)[C@@H]1CCC[C@H]1Br. The lowest BCUT2D eigenvalue weighted by Crippen LogP contribution is -2.15. The molecule has 1 saturated carbocycles. The van der Waals surface area contributed by atoms with Gasteiger partial charge in [-0.25, -0.2) is 8.78 Å². The highest BCUT2D eigenvalue weighted by Gasteiger charge is 2.31. The van der Waals surface area contributed by atoms with E-state index in [1.54, 1.807) is 0 Å². The van der Waals surface area contributed by atoms with Crippen LogP contribution in [0.15, 0.2) is 0 Å². The van der Waals surface area contributed by atoms with E-state index in [1.807, 2.05) is 0 Å². The van der Waals surface area contributed by atoms with Gasteiger partial charge in [-0.1, -0.05) is 22.4 Å². The molecular weight excluding hydrogens is 190 g/mol. The van der Waals surface area contributed by atoms with Crippen LogP contribution >= 0.6 is 15.9 Å². The fourth-order valence-electron chi connectivity index (χ4n) is 1.23. The van der Waals surface area contributed by atoms with E-state index in [4.69, 9.17) is 0 Å². The number of hydrogen-bond acceptors (Lipinski definition) is 0. The average molecular weight is 199 g/mol. The Morgan fingerprint density at radius 1 is 1.33 bits per heavy atom. The van der Waals surface area contributed by atoms with Gasteiger partial charge >= 0.3 is 0 Å². The van der Waals surface area contributed by atoms with Crippen molar-refractivity contribution in [3.8, 4) is 0 Å². The molecule has 0 spiro atoms. The lowest BCUT2D eigenvalue weighted by Gasteiger charge is -2.10. The highest BCUT2D eigenvalue weighted by Crippen LogP contribution is 2.35. The molecule has 0 aromatic carbocycles. The van der Waals surface area contributed by atoms with Gasteiger partial charge in [0.25, 0.3) is 0 Å². The van der Waals surface area contributed by atoms with Crippen LogP contribution in [-0.2, 0) is 0 Å². The van der Waals surface area contributed by atoms with Crippen molar-refractivity contribution in [2.24, 2.45) is 5.92 Å². The van der Waals surface area contributed by atoms with Gasteiger partial charge in [-0.15, -0.1) is 0 Å². The van der Waals surface area contributed by atoms with E-state index in [9.17, 15) is 8.78 Å². The van der Waals surface area contributed by atoms with E-state index in [-0.39, 0.29) is 10.7 Å². The zero-order valence-electron chi connectivity index (χ0n) is 4.99. The molecule has 0 N–H and O–H groups in total. The number of halogens is 3. The van der Waals surface area contributed by atoms with E-state index in [0.717, 1.165) is 12.8 Å². The lowest BCUT2D eigenvalue weighted by molar-refractivity contribution is 0.0840. The molecule has 0 heterocycles. The van der Waals surface area contributed by atoms with Gasteiger partial charge in [0.15, 0.2) is 0 Å². The molecule has 1 aliphatic rings. The van der Waals surface area contributed by atoms with E-state index in [1.165, 1.54) is 0 Å². The van der Waals surface area contributed by atoms with Crippen LogP contribution in [0.5, 0.6) is 0 Å². The Balaban J connectivity index is 2.40. The highest BCUT2D eigenvalue weighted by molar-refractivity contribution is 9.09. The topological polar surface area (TPSA) is 0 Å². The summed E-state index contributed by atoms with van der Waals surface area (Å²) in [7, 11) is 0. The van der Waals surface area contributed by atoms with Crippen LogP contribution in [0.4, 0.5) is 8.78 Å². The summed E-state index contributed by atoms with van der Waals surface area (Å²) in [6.45, 7) is 0. The maximum absolute atomic E-state index is 12.0. The molecule has 0 aromatic heterocycles. The van der Waals surface area contributed by atoms with Crippen LogP contribution in [-0.4, -0.2) is 11.3 Å². The van der Waals surface area contributed by atoms with Gasteiger partial charge in [-0.05, 0) is 12.8 Å². The van der Waals surface area contributed by atoms with E-state index >= 15 is 0 Å². The van der Waals surface area contributed by atoms with Gasteiger partial charge in [0.05, 0.1) is 0 Å².